The van der Waals surface area contributed by atoms with Crippen molar-refractivity contribution >= 4 is 12.2 Å². The van der Waals surface area contributed by atoms with Crippen molar-refractivity contribution in [3.05, 3.63) is 47.0 Å². The van der Waals surface area contributed by atoms with Crippen molar-refractivity contribution in [2.24, 2.45) is 0 Å². The van der Waals surface area contributed by atoms with E-state index < -0.39 is 0 Å². The Morgan fingerprint density at radius 3 is 1.93 bits per heavy atom. The Labute approximate surface area is 162 Å². The van der Waals surface area contributed by atoms with E-state index in [1.165, 1.54) is 5.56 Å². The van der Waals surface area contributed by atoms with Crippen LogP contribution in [0, 0.1) is 0 Å². The van der Waals surface area contributed by atoms with Gasteiger partial charge in [0.25, 0.3) is 0 Å². The zero-order valence-corrected chi connectivity index (χ0v) is 17.0. The maximum atomic E-state index is 5.47. The SMILES string of the molecule is COc1ccc(/C=C/c2cc(OC)c(OC)cc2CCN(C)C)cc1OC. The third-order valence-electron chi connectivity index (χ3n) is 4.34. The highest BCUT2D eigenvalue weighted by atomic mass is 16.5. The molecule has 146 valence electrons. The second kappa shape index (κ2) is 9.88. The van der Waals surface area contributed by atoms with Gasteiger partial charge in [0.15, 0.2) is 23.0 Å². The van der Waals surface area contributed by atoms with Crippen LogP contribution in [0.15, 0.2) is 30.3 Å². The summed E-state index contributed by atoms with van der Waals surface area (Å²) in [4.78, 5) is 2.17. The predicted molar refractivity (Wildman–Crippen MR) is 110 cm³/mol. The van der Waals surface area contributed by atoms with Gasteiger partial charge in [-0.25, -0.2) is 0 Å². The molecule has 0 aliphatic rings. The number of benzene rings is 2. The van der Waals surface area contributed by atoms with Crippen molar-refractivity contribution in [1.82, 2.24) is 4.90 Å². The van der Waals surface area contributed by atoms with Crippen LogP contribution in [0.3, 0.4) is 0 Å². The summed E-state index contributed by atoms with van der Waals surface area (Å²) in [6.07, 6.45) is 5.07. The van der Waals surface area contributed by atoms with Crippen LogP contribution in [-0.4, -0.2) is 54.0 Å². The van der Waals surface area contributed by atoms with Crippen LogP contribution in [0.5, 0.6) is 23.0 Å². The summed E-state index contributed by atoms with van der Waals surface area (Å²) >= 11 is 0. The topological polar surface area (TPSA) is 40.2 Å². The van der Waals surface area contributed by atoms with Crippen LogP contribution in [0.1, 0.15) is 16.7 Å². The Hall–Kier alpha value is -2.66. The molecule has 0 aliphatic carbocycles. The molecule has 0 aliphatic heterocycles. The van der Waals surface area contributed by atoms with E-state index in [1.807, 2.05) is 24.3 Å². The minimum atomic E-state index is 0.708. The predicted octanol–water partition coefficient (Wildman–Crippen LogP) is 4.00. The van der Waals surface area contributed by atoms with Crippen LogP contribution in [0.2, 0.25) is 0 Å². The molecule has 2 rings (SSSR count). The van der Waals surface area contributed by atoms with Crippen LogP contribution in [0.25, 0.3) is 12.2 Å². The second-order valence-electron chi connectivity index (χ2n) is 6.41. The van der Waals surface area contributed by atoms with Crippen molar-refractivity contribution in [3.8, 4) is 23.0 Å². The van der Waals surface area contributed by atoms with Crippen molar-refractivity contribution in [1.29, 1.82) is 0 Å². The average molecular weight is 371 g/mol. The Morgan fingerprint density at radius 1 is 0.741 bits per heavy atom. The molecule has 0 fully saturated rings. The molecule has 2 aromatic rings. The number of nitrogens with zero attached hydrogens (tertiary/aromatic N) is 1. The molecule has 0 unspecified atom stereocenters. The molecule has 0 heterocycles. The molecule has 2 aromatic carbocycles. The summed E-state index contributed by atoms with van der Waals surface area (Å²) in [5.74, 6) is 2.89. The van der Waals surface area contributed by atoms with Crippen molar-refractivity contribution in [2.45, 2.75) is 6.42 Å². The van der Waals surface area contributed by atoms with Gasteiger partial charge < -0.3 is 23.8 Å². The number of rotatable bonds is 9. The lowest BCUT2D eigenvalue weighted by Crippen LogP contribution is -2.15. The molecule has 27 heavy (non-hydrogen) atoms. The number of ether oxygens (including phenoxy) is 4. The molecule has 0 spiro atoms. The molecule has 0 bridgehead atoms. The van der Waals surface area contributed by atoms with Gasteiger partial charge in [0.2, 0.25) is 0 Å². The van der Waals surface area contributed by atoms with Gasteiger partial charge in [-0.3, -0.25) is 0 Å². The fraction of sp³-hybridized carbons (Fsp3) is 0.364. The van der Waals surface area contributed by atoms with Gasteiger partial charge in [-0.05, 0) is 61.5 Å². The van der Waals surface area contributed by atoms with Crippen LogP contribution >= 0.6 is 0 Å². The molecule has 0 atom stereocenters. The van der Waals surface area contributed by atoms with Gasteiger partial charge in [0, 0.05) is 6.54 Å². The molecule has 0 radical (unpaired) electrons. The lowest BCUT2D eigenvalue weighted by molar-refractivity contribution is 0.354. The zero-order valence-electron chi connectivity index (χ0n) is 17.0. The van der Waals surface area contributed by atoms with Gasteiger partial charge in [-0.2, -0.15) is 0 Å². The Bertz CT molecular complexity index is 784. The van der Waals surface area contributed by atoms with E-state index in [1.54, 1.807) is 28.4 Å². The van der Waals surface area contributed by atoms with Gasteiger partial charge >= 0.3 is 0 Å². The first-order valence-electron chi connectivity index (χ1n) is 8.82. The molecule has 0 amide bonds. The third kappa shape index (κ3) is 5.41. The maximum absolute atomic E-state index is 5.47. The molecule has 0 saturated carbocycles. The molecular formula is C22H29NO4. The molecule has 0 aromatic heterocycles. The first-order valence-corrected chi connectivity index (χ1v) is 8.82. The fourth-order valence-electron chi connectivity index (χ4n) is 2.80. The van der Waals surface area contributed by atoms with Crippen LogP contribution in [0.4, 0.5) is 0 Å². The Kier molecular flexibility index (Phi) is 7.55. The molecule has 0 saturated heterocycles. The molecular weight excluding hydrogens is 342 g/mol. The number of hydrogen-bond acceptors (Lipinski definition) is 5. The van der Waals surface area contributed by atoms with Crippen molar-refractivity contribution < 1.29 is 18.9 Å². The summed E-state index contributed by atoms with van der Waals surface area (Å²) in [7, 11) is 10.7. The van der Waals surface area contributed by atoms with Crippen LogP contribution in [-0.2, 0) is 6.42 Å². The normalized spacial score (nSPS) is 11.1. The lowest BCUT2D eigenvalue weighted by atomic mass is 10.0. The Balaban J connectivity index is 2.38. The van der Waals surface area contributed by atoms with E-state index in [0.29, 0.717) is 11.5 Å². The monoisotopic (exact) mass is 371 g/mol. The van der Waals surface area contributed by atoms with Gasteiger partial charge in [-0.1, -0.05) is 18.2 Å². The smallest absolute Gasteiger partial charge is 0.161 e. The second-order valence-corrected chi connectivity index (χ2v) is 6.41. The molecule has 5 nitrogen and oxygen atoms in total. The van der Waals surface area contributed by atoms with Gasteiger partial charge in [0.05, 0.1) is 28.4 Å². The summed E-state index contributed by atoms with van der Waals surface area (Å²) in [5, 5.41) is 0. The standard InChI is InChI=1S/C22H29NO4/c1-23(2)12-11-18-15-22(27-6)21(26-5)14-17(18)9-7-16-8-10-19(24-3)20(13-16)25-4/h7-10,13-15H,11-12H2,1-6H3/b9-7+. The summed E-state index contributed by atoms with van der Waals surface area (Å²) in [6, 6.07) is 9.92. The highest BCUT2D eigenvalue weighted by molar-refractivity contribution is 5.74. The largest absolute Gasteiger partial charge is 0.493 e. The van der Waals surface area contributed by atoms with E-state index in [2.05, 4.69) is 37.2 Å². The third-order valence-corrected chi connectivity index (χ3v) is 4.34. The highest BCUT2D eigenvalue weighted by Gasteiger charge is 2.10. The maximum Gasteiger partial charge on any atom is 0.161 e. The summed E-state index contributed by atoms with van der Waals surface area (Å²) in [6.45, 7) is 0.951. The van der Waals surface area contributed by atoms with Crippen LogP contribution < -0.4 is 18.9 Å². The number of hydrogen-bond donors (Lipinski definition) is 0. The van der Waals surface area contributed by atoms with E-state index in [0.717, 1.165) is 35.6 Å². The first kappa shape index (κ1) is 20.6. The fourth-order valence-corrected chi connectivity index (χ4v) is 2.80. The molecule has 0 N–H and O–H groups in total. The van der Waals surface area contributed by atoms with E-state index in [4.69, 9.17) is 18.9 Å². The van der Waals surface area contributed by atoms with Crippen molar-refractivity contribution in [3.63, 3.8) is 0 Å². The minimum absolute atomic E-state index is 0.708. The number of methoxy groups -OCH3 is 4. The first-order chi connectivity index (χ1) is 13.0. The zero-order chi connectivity index (χ0) is 19.8. The Morgan fingerprint density at radius 2 is 1.33 bits per heavy atom. The highest BCUT2D eigenvalue weighted by Crippen LogP contribution is 2.33. The number of likely N-dealkylation sites (N-methyl/N-ethyl adjacent to an activating group) is 1. The van der Waals surface area contributed by atoms with E-state index in [-0.39, 0.29) is 0 Å². The van der Waals surface area contributed by atoms with Gasteiger partial charge in [0.1, 0.15) is 0 Å². The molecule has 5 heteroatoms. The minimum Gasteiger partial charge on any atom is -0.493 e. The quantitative estimate of drug-likeness (QED) is 0.623. The summed E-state index contributed by atoms with van der Waals surface area (Å²) < 4.78 is 21.6. The van der Waals surface area contributed by atoms with E-state index in [9.17, 15) is 0 Å². The summed E-state index contributed by atoms with van der Waals surface area (Å²) in [5.41, 5.74) is 3.34. The van der Waals surface area contributed by atoms with Crippen molar-refractivity contribution in [2.75, 3.05) is 49.1 Å². The van der Waals surface area contributed by atoms with E-state index >= 15 is 0 Å². The lowest BCUT2D eigenvalue weighted by Gasteiger charge is -2.15. The van der Waals surface area contributed by atoms with Gasteiger partial charge in [-0.15, -0.1) is 0 Å². The average Bonchev–Trinajstić information content (AvgIpc) is 2.69.